The highest BCUT2D eigenvalue weighted by Gasteiger charge is 1.93. The van der Waals surface area contributed by atoms with E-state index in [1.165, 1.54) is 0 Å². The third kappa shape index (κ3) is 78.9. The van der Waals surface area contributed by atoms with Gasteiger partial charge in [-0.3, -0.25) is 13.7 Å². The Balaban J connectivity index is 0. The van der Waals surface area contributed by atoms with E-state index < -0.39 is 20.7 Å². The van der Waals surface area contributed by atoms with Crippen molar-refractivity contribution in [3.63, 3.8) is 0 Å². The van der Waals surface area contributed by atoms with Crippen LogP contribution in [0, 0.1) is 0 Å². The highest BCUT2D eigenvalue weighted by atomic mass is 32.3. The fourth-order valence-corrected chi connectivity index (χ4v) is 0. The van der Waals surface area contributed by atoms with Gasteiger partial charge >= 0.3 is 20.7 Å². The molecule has 11 heavy (non-hydrogen) atoms. The van der Waals surface area contributed by atoms with E-state index in [4.69, 9.17) is 27.3 Å². The zero-order valence-corrected chi connectivity index (χ0v) is 6.37. The van der Waals surface area contributed by atoms with E-state index in [0.29, 0.717) is 4.89 Å². The molecule has 11 heteroatoms. The fraction of sp³-hybridized carbons (Fsp3) is 0. The van der Waals surface area contributed by atoms with Crippen LogP contribution in [-0.4, -0.2) is 35.7 Å². The SMILES string of the molecule is O=S(=O)(O)NO.O=S(=O)(O)O. The first kappa shape index (κ1) is 13.3. The monoisotopic (exact) mass is 211 g/mol. The van der Waals surface area contributed by atoms with E-state index in [1.807, 2.05) is 0 Å². The number of hydrogen-bond acceptors (Lipinski definition) is 5. The fourth-order valence-electron chi connectivity index (χ4n) is 0. The van der Waals surface area contributed by atoms with Gasteiger partial charge in [0.1, 0.15) is 0 Å². The summed E-state index contributed by atoms with van der Waals surface area (Å²) in [7, 11) is -9.02. The molecule has 0 aliphatic rings. The molecular formula is H5NO8S2. The first-order chi connectivity index (χ1) is 4.56. The molecule has 0 radical (unpaired) electrons. The predicted molar refractivity (Wildman–Crippen MR) is 30.6 cm³/mol. The molecule has 0 heterocycles. The zero-order chi connectivity index (χ0) is 9.71. The van der Waals surface area contributed by atoms with Gasteiger partial charge in [0.15, 0.2) is 0 Å². The summed E-state index contributed by atoms with van der Waals surface area (Å²) in [6, 6.07) is 0. The van der Waals surface area contributed by atoms with Crippen LogP contribution in [0.2, 0.25) is 0 Å². The van der Waals surface area contributed by atoms with E-state index in [-0.39, 0.29) is 0 Å². The van der Waals surface area contributed by atoms with Gasteiger partial charge in [-0.15, -0.1) is 0 Å². The molecule has 0 spiro atoms. The summed E-state index contributed by atoms with van der Waals surface area (Å²) in [5.74, 6) is 0. The normalized spacial score (nSPS) is 11.6. The zero-order valence-electron chi connectivity index (χ0n) is 4.74. The van der Waals surface area contributed by atoms with Crippen molar-refractivity contribution < 1.29 is 35.7 Å². The molecule has 0 bridgehead atoms. The van der Waals surface area contributed by atoms with Gasteiger partial charge in [-0.1, -0.05) is 4.89 Å². The molecule has 0 saturated carbocycles. The lowest BCUT2D eigenvalue weighted by Crippen LogP contribution is -2.16. The lowest BCUT2D eigenvalue weighted by Gasteiger charge is -1.82. The maximum absolute atomic E-state index is 9.19. The largest absolute Gasteiger partial charge is 0.394 e. The van der Waals surface area contributed by atoms with Gasteiger partial charge in [0.25, 0.3) is 0 Å². The standard InChI is InChI=1S/H3NO4S.H2O4S/c2-1-6(3,4)5;1-5(2,3)4/h1-2H,(H,3,4,5);(H2,1,2,3,4). The first-order valence-electron chi connectivity index (χ1n) is 1.64. The third-order valence-electron chi connectivity index (χ3n) is 0.115. The van der Waals surface area contributed by atoms with Crippen molar-refractivity contribution in [1.82, 2.24) is 4.89 Å². The van der Waals surface area contributed by atoms with Crippen molar-refractivity contribution in [3.8, 4) is 0 Å². The average molecular weight is 211 g/mol. The molecule has 0 rings (SSSR count). The van der Waals surface area contributed by atoms with Crippen LogP contribution in [0.15, 0.2) is 0 Å². The molecular weight excluding hydrogens is 206 g/mol. The maximum atomic E-state index is 9.19. The maximum Gasteiger partial charge on any atom is 0.394 e. The average Bonchev–Trinajstić information content (AvgIpc) is 1.59. The van der Waals surface area contributed by atoms with E-state index >= 15 is 0 Å². The summed E-state index contributed by atoms with van der Waals surface area (Å²) in [5.41, 5.74) is 0. The molecule has 9 nitrogen and oxygen atoms in total. The highest BCUT2D eigenvalue weighted by molar-refractivity contribution is 7.83. The molecule has 70 valence electrons. The van der Waals surface area contributed by atoms with Gasteiger partial charge in [0, 0.05) is 0 Å². The van der Waals surface area contributed by atoms with Gasteiger partial charge in [0.2, 0.25) is 0 Å². The molecule has 0 unspecified atom stereocenters. The Bertz CT molecular complexity index is 259. The van der Waals surface area contributed by atoms with Crippen LogP contribution >= 0.6 is 0 Å². The Labute approximate surface area is 62.1 Å². The Morgan fingerprint density at radius 2 is 1.00 bits per heavy atom. The molecule has 0 atom stereocenters. The minimum atomic E-state index is -4.67. The van der Waals surface area contributed by atoms with E-state index in [0.717, 1.165) is 0 Å². The topological polar surface area (TPSA) is 161 Å². The second-order valence-corrected chi connectivity index (χ2v) is 3.04. The second-order valence-electron chi connectivity index (χ2n) is 1.01. The van der Waals surface area contributed by atoms with Crippen LogP contribution in [0.4, 0.5) is 0 Å². The summed E-state index contributed by atoms with van der Waals surface area (Å²) in [6.07, 6.45) is 0. The number of rotatable bonds is 1. The minimum Gasteiger partial charge on any atom is -0.300 e. The van der Waals surface area contributed by atoms with Crippen molar-refractivity contribution >= 4 is 20.7 Å². The van der Waals surface area contributed by atoms with Crippen LogP contribution in [-0.2, 0) is 20.7 Å². The highest BCUT2D eigenvalue weighted by Crippen LogP contribution is 1.61. The summed E-state index contributed by atoms with van der Waals surface area (Å²) in [5, 5.41) is 7.31. The number of nitrogens with one attached hydrogen (secondary N) is 1. The van der Waals surface area contributed by atoms with Crippen molar-refractivity contribution in [2.45, 2.75) is 0 Å². The van der Waals surface area contributed by atoms with Crippen LogP contribution in [0.5, 0.6) is 0 Å². The number of hydrogen-bond donors (Lipinski definition) is 5. The van der Waals surface area contributed by atoms with Crippen molar-refractivity contribution in [2.75, 3.05) is 0 Å². The smallest absolute Gasteiger partial charge is 0.300 e. The Hall–Kier alpha value is -0.300. The molecule has 0 aromatic carbocycles. The summed E-state index contributed by atoms with van der Waals surface area (Å²) >= 11 is 0. The van der Waals surface area contributed by atoms with Crippen LogP contribution in [0.3, 0.4) is 0 Å². The third-order valence-corrected chi connectivity index (χ3v) is 0.346. The van der Waals surface area contributed by atoms with Crippen molar-refractivity contribution in [1.29, 1.82) is 0 Å². The summed E-state index contributed by atoms with van der Waals surface area (Å²) in [6.45, 7) is 0. The predicted octanol–water partition coefficient (Wildman–Crippen LogP) is -1.88. The molecule has 0 saturated heterocycles. The Morgan fingerprint density at radius 3 is 1.00 bits per heavy atom. The lowest BCUT2D eigenvalue weighted by atomic mass is 13.5. The van der Waals surface area contributed by atoms with Gasteiger partial charge in [-0.2, -0.15) is 16.8 Å². The second kappa shape index (κ2) is 4.55. The van der Waals surface area contributed by atoms with Gasteiger partial charge < -0.3 is 5.21 Å². The van der Waals surface area contributed by atoms with Gasteiger partial charge in [-0.05, 0) is 0 Å². The Kier molecular flexibility index (Phi) is 5.50. The molecule has 0 aliphatic heterocycles. The quantitative estimate of drug-likeness (QED) is 0.248. The van der Waals surface area contributed by atoms with Crippen LogP contribution in [0.25, 0.3) is 0 Å². The van der Waals surface area contributed by atoms with E-state index in [1.54, 1.807) is 0 Å². The molecule has 0 fully saturated rings. The molecule has 0 amide bonds. The Morgan fingerprint density at radius 1 is 0.909 bits per heavy atom. The van der Waals surface area contributed by atoms with Crippen molar-refractivity contribution in [3.05, 3.63) is 0 Å². The first-order valence-corrected chi connectivity index (χ1v) is 4.48. The van der Waals surface area contributed by atoms with Gasteiger partial charge in [0.05, 0.1) is 0 Å². The summed E-state index contributed by atoms with van der Waals surface area (Å²) in [4.78, 5) is 0.632. The minimum absolute atomic E-state index is 0.632. The molecule has 0 aromatic heterocycles. The molecule has 0 aromatic rings. The van der Waals surface area contributed by atoms with Crippen molar-refractivity contribution in [2.24, 2.45) is 0 Å². The summed E-state index contributed by atoms with van der Waals surface area (Å²) < 4.78 is 57.4. The van der Waals surface area contributed by atoms with Gasteiger partial charge in [-0.25, -0.2) is 0 Å². The van der Waals surface area contributed by atoms with E-state index in [9.17, 15) is 8.42 Å². The lowest BCUT2D eigenvalue weighted by molar-refractivity contribution is 0.226. The van der Waals surface area contributed by atoms with E-state index in [2.05, 4.69) is 0 Å². The molecule has 5 N–H and O–H groups in total. The van der Waals surface area contributed by atoms with Crippen LogP contribution in [0.1, 0.15) is 0 Å². The van der Waals surface area contributed by atoms with Crippen LogP contribution < -0.4 is 4.89 Å². The molecule has 0 aliphatic carbocycles.